The molecule has 0 unspecified atom stereocenters. The van der Waals surface area contributed by atoms with E-state index in [2.05, 4.69) is 20.3 Å². The zero-order valence-corrected chi connectivity index (χ0v) is 8.39. The van der Waals surface area contributed by atoms with Gasteiger partial charge in [0.15, 0.2) is 17.0 Å². The monoisotopic (exact) mass is 195 g/mol. The van der Waals surface area contributed by atoms with E-state index >= 15 is 0 Å². The van der Waals surface area contributed by atoms with Crippen molar-refractivity contribution in [1.82, 2.24) is 25.0 Å². The van der Waals surface area contributed by atoms with Gasteiger partial charge in [0.05, 0.1) is 0 Å². The van der Waals surface area contributed by atoms with Crippen molar-refractivity contribution in [1.29, 1.82) is 0 Å². The second-order valence-electron chi connectivity index (χ2n) is 2.35. The Balaban J connectivity index is 0.000000461. The summed E-state index contributed by atoms with van der Waals surface area (Å²) >= 11 is 0. The Morgan fingerprint density at radius 1 is 1.14 bits per heavy atom. The molecule has 2 aromatic rings. The second-order valence-corrected chi connectivity index (χ2v) is 2.35. The third-order valence-corrected chi connectivity index (χ3v) is 1.50. The number of hydrogen-bond donors (Lipinski definition) is 2. The molecule has 0 spiro atoms. The van der Waals surface area contributed by atoms with Crippen molar-refractivity contribution >= 4 is 22.9 Å². The van der Waals surface area contributed by atoms with Crippen molar-refractivity contribution in [3.63, 3.8) is 0 Å². The number of aromatic nitrogens is 5. The lowest BCUT2D eigenvalue weighted by Crippen LogP contribution is -2.01. The van der Waals surface area contributed by atoms with Gasteiger partial charge >= 0.3 is 0 Å². The number of nitrogens with zero attached hydrogens (tertiary/aromatic N) is 5. The van der Waals surface area contributed by atoms with Crippen molar-refractivity contribution in [3.8, 4) is 0 Å². The van der Waals surface area contributed by atoms with E-state index in [9.17, 15) is 0 Å². The van der Waals surface area contributed by atoms with Crippen LogP contribution in [0.3, 0.4) is 0 Å². The number of rotatable bonds is 0. The van der Waals surface area contributed by atoms with E-state index < -0.39 is 0 Å². The van der Waals surface area contributed by atoms with Crippen LogP contribution in [0, 0.1) is 0 Å². The Bertz CT molecular complexity index is 433. The molecule has 14 heavy (non-hydrogen) atoms. The first-order chi connectivity index (χ1) is 6.68. The molecule has 4 N–H and O–H groups in total. The lowest BCUT2D eigenvalue weighted by atomic mass is 10.5. The fourth-order valence-electron chi connectivity index (χ4n) is 0.953. The molecule has 76 valence electrons. The maximum absolute atomic E-state index is 5.52. The molecule has 7 nitrogen and oxygen atoms in total. The summed E-state index contributed by atoms with van der Waals surface area (Å²) in [7, 11) is 1.71. The Morgan fingerprint density at radius 2 is 1.79 bits per heavy atom. The molecule has 0 saturated carbocycles. The van der Waals surface area contributed by atoms with E-state index in [1.54, 1.807) is 7.05 Å². The van der Waals surface area contributed by atoms with Crippen LogP contribution in [0.25, 0.3) is 11.2 Å². The van der Waals surface area contributed by atoms with Gasteiger partial charge in [-0.1, -0.05) is 19.1 Å². The van der Waals surface area contributed by atoms with Crippen LogP contribution in [0.1, 0.15) is 13.8 Å². The number of nitrogens with two attached hydrogens (primary N) is 2. The summed E-state index contributed by atoms with van der Waals surface area (Å²) in [6, 6.07) is 0. The van der Waals surface area contributed by atoms with E-state index in [1.807, 2.05) is 13.8 Å². The molecule has 0 radical (unpaired) electrons. The zero-order valence-electron chi connectivity index (χ0n) is 8.39. The number of aryl methyl sites for hydroxylation is 1. The van der Waals surface area contributed by atoms with Crippen LogP contribution < -0.4 is 11.5 Å². The number of hydrogen-bond acceptors (Lipinski definition) is 6. The number of fused-ring (bicyclic) bond motifs is 1. The van der Waals surface area contributed by atoms with E-state index in [-0.39, 0.29) is 11.8 Å². The normalized spacial score (nSPS) is 9.64. The van der Waals surface area contributed by atoms with Gasteiger partial charge in [-0.2, -0.15) is 9.97 Å². The SMILES string of the molecule is CC.Cn1nnc2c(N)nc(N)nc21. The fraction of sp³-hybridized carbons (Fsp3) is 0.429. The summed E-state index contributed by atoms with van der Waals surface area (Å²) in [6.07, 6.45) is 0. The molecule has 0 aromatic carbocycles. The predicted octanol–water partition coefficient (Wildman–Crippen LogP) is -0.0511. The first-order valence-electron chi connectivity index (χ1n) is 4.27. The molecule has 0 atom stereocenters. The smallest absolute Gasteiger partial charge is 0.224 e. The van der Waals surface area contributed by atoms with Crippen LogP contribution in [-0.4, -0.2) is 25.0 Å². The van der Waals surface area contributed by atoms with Crippen molar-refractivity contribution in [2.75, 3.05) is 11.5 Å². The van der Waals surface area contributed by atoms with Gasteiger partial charge in [-0.25, -0.2) is 4.68 Å². The highest BCUT2D eigenvalue weighted by Crippen LogP contribution is 2.13. The molecule has 0 amide bonds. The quantitative estimate of drug-likeness (QED) is 0.610. The standard InChI is InChI=1S/C5H7N7.C2H6/c1-12-4-2(10-11-12)3(6)8-5(7)9-4;1-2/h1H3,(H4,6,7,8,9);1-2H3. The summed E-state index contributed by atoms with van der Waals surface area (Å²) in [4.78, 5) is 7.66. The highest BCUT2D eigenvalue weighted by molar-refractivity contribution is 5.81. The Kier molecular flexibility index (Phi) is 2.80. The molecule has 0 aliphatic carbocycles. The molecule has 0 aliphatic heterocycles. The third kappa shape index (κ3) is 1.56. The average Bonchev–Trinajstić information content (AvgIpc) is 2.52. The lowest BCUT2D eigenvalue weighted by Gasteiger charge is -1.95. The summed E-state index contributed by atoms with van der Waals surface area (Å²) in [5.41, 5.74) is 11.9. The molecule has 2 heterocycles. The van der Waals surface area contributed by atoms with Gasteiger partial charge in [-0.3, -0.25) is 0 Å². The average molecular weight is 195 g/mol. The van der Waals surface area contributed by atoms with E-state index in [1.165, 1.54) is 4.68 Å². The van der Waals surface area contributed by atoms with Crippen molar-refractivity contribution in [3.05, 3.63) is 0 Å². The van der Waals surface area contributed by atoms with Gasteiger partial charge in [0.25, 0.3) is 0 Å². The molecule has 0 saturated heterocycles. The van der Waals surface area contributed by atoms with Gasteiger partial charge < -0.3 is 11.5 Å². The van der Waals surface area contributed by atoms with Crippen molar-refractivity contribution in [2.45, 2.75) is 13.8 Å². The first kappa shape index (κ1) is 10.2. The largest absolute Gasteiger partial charge is 0.382 e. The minimum Gasteiger partial charge on any atom is -0.382 e. The van der Waals surface area contributed by atoms with Gasteiger partial charge in [-0.15, -0.1) is 5.10 Å². The first-order valence-corrected chi connectivity index (χ1v) is 4.27. The van der Waals surface area contributed by atoms with Crippen molar-refractivity contribution < 1.29 is 0 Å². The van der Waals surface area contributed by atoms with E-state index in [0.29, 0.717) is 11.2 Å². The van der Waals surface area contributed by atoms with Crippen LogP contribution in [0.15, 0.2) is 0 Å². The highest BCUT2D eigenvalue weighted by atomic mass is 15.4. The molecule has 2 aromatic heterocycles. The summed E-state index contributed by atoms with van der Waals surface area (Å²) < 4.78 is 1.49. The second kappa shape index (κ2) is 3.86. The fourth-order valence-corrected chi connectivity index (χ4v) is 0.953. The number of nitrogen functional groups attached to an aromatic ring is 2. The summed E-state index contributed by atoms with van der Waals surface area (Å²) in [5.74, 6) is 0.385. The van der Waals surface area contributed by atoms with Gasteiger partial charge in [0.1, 0.15) is 0 Å². The minimum absolute atomic E-state index is 0.130. The molecule has 0 bridgehead atoms. The molecule has 2 rings (SSSR count). The Hall–Kier alpha value is -1.92. The zero-order chi connectivity index (χ0) is 10.7. The van der Waals surface area contributed by atoms with Crippen LogP contribution in [0.4, 0.5) is 11.8 Å². The van der Waals surface area contributed by atoms with Gasteiger partial charge in [-0.05, 0) is 0 Å². The topological polar surface area (TPSA) is 109 Å². The van der Waals surface area contributed by atoms with Crippen LogP contribution in [0.2, 0.25) is 0 Å². The summed E-state index contributed by atoms with van der Waals surface area (Å²) in [6.45, 7) is 4.00. The lowest BCUT2D eigenvalue weighted by molar-refractivity contribution is 0.730. The molecular formula is C7H13N7. The van der Waals surface area contributed by atoms with Gasteiger partial charge in [0, 0.05) is 7.05 Å². The van der Waals surface area contributed by atoms with Crippen LogP contribution in [-0.2, 0) is 7.05 Å². The minimum atomic E-state index is 0.130. The number of anilines is 2. The highest BCUT2D eigenvalue weighted by Gasteiger charge is 2.08. The Labute approximate surface area is 81.1 Å². The van der Waals surface area contributed by atoms with E-state index in [4.69, 9.17) is 11.5 Å². The molecule has 0 fully saturated rings. The van der Waals surface area contributed by atoms with Crippen molar-refractivity contribution in [2.24, 2.45) is 7.05 Å². The summed E-state index contributed by atoms with van der Waals surface area (Å²) in [5, 5.41) is 7.49. The van der Waals surface area contributed by atoms with Crippen LogP contribution in [0.5, 0.6) is 0 Å². The maximum Gasteiger partial charge on any atom is 0.224 e. The van der Waals surface area contributed by atoms with Gasteiger partial charge in [0.2, 0.25) is 5.95 Å². The molecular weight excluding hydrogens is 182 g/mol. The maximum atomic E-state index is 5.52. The third-order valence-electron chi connectivity index (χ3n) is 1.50. The van der Waals surface area contributed by atoms with E-state index in [0.717, 1.165) is 0 Å². The molecule has 7 heteroatoms. The van der Waals surface area contributed by atoms with Crippen LogP contribution >= 0.6 is 0 Å². The predicted molar refractivity (Wildman–Crippen MR) is 54.3 cm³/mol. The molecule has 0 aliphatic rings. The Morgan fingerprint density at radius 3 is 2.43 bits per heavy atom.